The molecule has 0 aromatic rings. The molecule has 0 spiro atoms. The van der Waals surface area contributed by atoms with E-state index in [1.54, 1.807) is 6.92 Å². The summed E-state index contributed by atoms with van der Waals surface area (Å²) in [6.45, 7) is 7.32. The Bertz CT molecular complexity index is 219. The second-order valence-corrected chi connectivity index (χ2v) is 4.78. The van der Waals surface area contributed by atoms with Gasteiger partial charge >= 0.3 is 0 Å². The molecule has 1 fully saturated rings. The average Bonchev–Trinajstić information content (AvgIpc) is 2.24. The van der Waals surface area contributed by atoms with Crippen molar-refractivity contribution in [1.82, 2.24) is 10.2 Å². The first kappa shape index (κ1) is 13.5. The molecule has 1 amide bonds. The Hall–Kier alpha value is -0.610. The van der Waals surface area contributed by atoms with E-state index in [2.05, 4.69) is 10.2 Å². The lowest BCUT2D eigenvalue weighted by atomic mass is 9.93. The van der Waals surface area contributed by atoms with E-state index in [1.165, 1.54) is 6.42 Å². The fraction of sp³-hybridized carbons (Fsp3) is 0.917. The minimum absolute atomic E-state index is 0.0421. The summed E-state index contributed by atoms with van der Waals surface area (Å²) in [6, 6.07) is 0. The van der Waals surface area contributed by atoms with Crippen LogP contribution in [0.1, 0.15) is 33.1 Å². The van der Waals surface area contributed by atoms with Crippen molar-refractivity contribution in [3.05, 3.63) is 0 Å². The number of aliphatic hydroxyl groups is 1. The molecule has 1 saturated heterocycles. The topological polar surface area (TPSA) is 52.6 Å². The molecule has 4 heteroatoms. The molecule has 0 saturated carbocycles. The highest BCUT2D eigenvalue weighted by Gasteiger charge is 2.22. The maximum Gasteiger partial charge on any atom is 0.216 e. The van der Waals surface area contributed by atoms with E-state index < -0.39 is 0 Å². The van der Waals surface area contributed by atoms with Crippen LogP contribution >= 0.6 is 0 Å². The number of nitrogens with one attached hydrogen (secondary N) is 1. The summed E-state index contributed by atoms with van der Waals surface area (Å²) in [6.07, 6.45) is 3.11. The number of amides is 1. The zero-order chi connectivity index (χ0) is 12.0. The summed E-state index contributed by atoms with van der Waals surface area (Å²) < 4.78 is 0. The van der Waals surface area contributed by atoms with Crippen LogP contribution in [0.15, 0.2) is 0 Å². The Labute approximate surface area is 98.0 Å². The lowest BCUT2D eigenvalue weighted by Crippen LogP contribution is -2.40. The molecule has 1 aliphatic rings. The van der Waals surface area contributed by atoms with Gasteiger partial charge in [-0.2, -0.15) is 0 Å². The molecule has 0 aromatic carbocycles. The number of likely N-dealkylation sites (tertiary alicyclic amines) is 1. The fourth-order valence-corrected chi connectivity index (χ4v) is 2.26. The van der Waals surface area contributed by atoms with Crippen molar-refractivity contribution in [3.63, 3.8) is 0 Å². The zero-order valence-electron chi connectivity index (χ0n) is 10.4. The summed E-state index contributed by atoms with van der Waals surface area (Å²) >= 11 is 0. The quantitative estimate of drug-likeness (QED) is 0.678. The third-order valence-electron chi connectivity index (χ3n) is 3.25. The Morgan fingerprint density at radius 1 is 1.62 bits per heavy atom. The number of carbonyl (C=O) groups excluding carboxylic acids is 1. The molecular formula is C12H24N2O2. The summed E-state index contributed by atoms with van der Waals surface area (Å²) in [4.78, 5) is 13.1. The van der Waals surface area contributed by atoms with Crippen LogP contribution < -0.4 is 5.32 Å². The lowest BCUT2D eigenvalue weighted by Gasteiger charge is -2.34. The summed E-state index contributed by atoms with van der Waals surface area (Å²) in [5, 5.41) is 12.4. The first-order chi connectivity index (χ1) is 7.59. The number of carbonyl (C=O) groups is 1. The first-order valence-corrected chi connectivity index (χ1v) is 6.24. The highest BCUT2D eigenvalue weighted by molar-refractivity contribution is 5.72. The van der Waals surface area contributed by atoms with Gasteiger partial charge < -0.3 is 15.3 Å². The SMILES string of the molecule is CC(=O)NCCCN1CCCC(C(C)O)C1. The standard InChI is InChI=1S/C12H24N2O2/c1-10(15)12-5-3-7-14(9-12)8-4-6-13-11(2)16/h10,12,15H,3-9H2,1-2H3,(H,13,16). The molecule has 0 radical (unpaired) electrons. The molecule has 0 aliphatic carbocycles. The van der Waals surface area contributed by atoms with Crippen molar-refractivity contribution in [1.29, 1.82) is 0 Å². The normalized spacial score (nSPS) is 24.1. The van der Waals surface area contributed by atoms with Crippen LogP contribution in [0.3, 0.4) is 0 Å². The van der Waals surface area contributed by atoms with Crippen molar-refractivity contribution < 1.29 is 9.90 Å². The van der Waals surface area contributed by atoms with Crippen molar-refractivity contribution in [2.24, 2.45) is 5.92 Å². The van der Waals surface area contributed by atoms with Crippen molar-refractivity contribution in [2.45, 2.75) is 39.2 Å². The van der Waals surface area contributed by atoms with Gasteiger partial charge in [0.05, 0.1) is 6.10 Å². The van der Waals surface area contributed by atoms with E-state index in [0.717, 1.165) is 39.0 Å². The number of hydrogen-bond acceptors (Lipinski definition) is 3. The van der Waals surface area contributed by atoms with Gasteiger partial charge in [0.1, 0.15) is 0 Å². The fourth-order valence-electron chi connectivity index (χ4n) is 2.26. The third kappa shape index (κ3) is 4.94. The molecule has 4 nitrogen and oxygen atoms in total. The van der Waals surface area contributed by atoms with Crippen molar-refractivity contribution in [3.8, 4) is 0 Å². The molecule has 1 aliphatic heterocycles. The third-order valence-corrected chi connectivity index (χ3v) is 3.25. The molecule has 16 heavy (non-hydrogen) atoms. The summed E-state index contributed by atoms with van der Waals surface area (Å²) in [5.74, 6) is 0.468. The van der Waals surface area contributed by atoms with Crippen molar-refractivity contribution in [2.75, 3.05) is 26.2 Å². The minimum atomic E-state index is -0.196. The second-order valence-electron chi connectivity index (χ2n) is 4.78. The highest BCUT2D eigenvalue weighted by atomic mass is 16.3. The van der Waals surface area contributed by atoms with Gasteiger partial charge in [-0.05, 0) is 45.2 Å². The maximum atomic E-state index is 10.7. The highest BCUT2D eigenvalue weighted by Crippen LogP contribution is 2.19. The molecule has 94 valence electrons. The van der Waals surface area contributed by atoms with Gasteiger partial charge in [0.25, 0.3) is 0 Å². The molecule has 1 heterocycles. The molecule has 0 aromatic heterocycles. The van der Waals surface area contributed by atoms with Crippen LogP contribution in [0.2, 0.25) is 0 Å². The second kappa shape index (κ2) is 6.86. The molecule has 2 unspecified atom stereocenters. The monoisotopic (exact) mass is 228 g/mol. The van der Waals surface area contributed by atoms with E-state index in [-0.39, 0.29) is 12.0 Å². The maximum absolute atomic E-state index is 10.7. The van der Waals surface area contributed by atoms with Gasteiger partial charge in [-0.1, -0.05) is 0 Å². The average molecular weight is 228 g/mol. The van der Waals surface area contributed by atoms with Crippen LogP contribution in [-0.4, -0.2) is 48.2 Å². The molecular weight excluding hydrogens is 204 g/mol. The number of nitrogens with zero attached hydrogens (tertiary/aromatic N) is 1. The van der Waals surface area contributed by atoms with Gasteiger partial charge in [-0.3, -0.25) is 4.79 Å². The molecule has 0 bridgehead atoms. The Kier molecular flexibility index (Phi) is 5.77. The van der Waals surface area contributed by atoms with Gasteiger partial charge in [0.2, 0.25) is 5.91 Å². The van der Waals surface area contributed by atoms with Crippen LogP contribution in [-0.2, 0) is 4.79 Å². The molecule has 1 rings (SSSR count). The Morgan fingerprint density at radius 2 is 2.38 bits per heavy atom. The number of aliphatic hydroxyl groups excluding tert-OH is 1. The molecule has 2 atom stereocenters. The predicted molar refractivity (Wildman–Crippen MR) is 64.1 cm³/mol. The van der Waals surface area contributed by atoms with Crippen LogP contribution in [0.4, 0.5) is 0 Å². The Morgan fingerprint density at radius 3 is 3.00 bits per heavy atom. The van der Waals surface area contributed by atoms with E-state index in [0.29, 0.717) is 5.92 Å². The molecule has 2 N–H and O–H groups in total. The first-order valence-electron chi connectivity index (χ1n) is 6.24. The largest absolute Gasteiger partial charge is 0.393 e. The van der Waals surface area contributed by atoms with Gasteiger partial charge in [0.15, 0.2) is 0 Å². The summed E-state index contributed by atoms with van der Waals surface area (Å²) in [7, 11) is 0. The Balaban J connectivity index is 2.14. The summed E-state index contributed by atoms with van der Waals surface area (Å²) in [5.41, 5.74) is 0. The lowest BCUT2D eigenvalue weighted by molar-refractivity contribution is -0.118. The van der Waals surface area contributed by atoms with Gasteiger partial charge in [-0.15, -0.1) is 0 Å². The zero-order valence-corrected chi connectivity index (χ0v) is 10.4. The van der Waals surface area contributed by atoms with Crippen molar-refractivity contribution >= 4 is 5.91 Å². The van der Waals surface area contributed by atoms with Crippen LogP contribution in [0.5, 0.6) is 0 Å². The van der Waals surface area contributed by atoms with Gasteiger partial charge in [0, 0.05) is 20.0 Å². The predicted octanol–water partition coefficient (Wildman–Crippen LogP) is 0.605. The number of rotatable bonds is 5. The number of hydrogen-bond donors (Lipinski definition) is 2. The smallest absolute Gasteiger partial charge is 0.216 e. The van der Waals surface area contributed by atoms with Gasteiger partial charge in [-0.25, -0.2) is 0 Å². The van der Waals surface area contributed by atoms with Crippen LogP contribution in [0.25, 0.3) is 0 Å². The van der Waals surface area contributed by atoms with E-state index >= 15 is 0 Å². The minimum Gasteiger partial charge on any atom is -0.393 e. The number of piperidine rings is 1. The van der Waals surface area contributed by atoms with E-state index in [1.807, 2.05) is 6.92 Å². The van der Waals surface area contributed by atoms with Crippen LogP contribution in [0, 0.1) is 5.92 Å². The van der Waals surface area contributed by atoms with E-state index in [4.69, 9.17) is 0 Å². The van der Waals surface area contributed by atoms with E-state index in [9.17, 15) is 9.90 Å².